The third kappa shape index (κ3) is 6.49. The first-order chi connectivity index (χ1) is 11.2. The Morgan fingerprint density at radius 1 is 1.00 bits per heavy atom. The van der Waals surface area contributed by atoms with Crippen LogP contribution in [-0.4, -0.2) is 12.1 Å². The molecule has 0 aliphatic rings. The molecule has 3 heteroatoms. The van der Waals surface area contributed by atoms with Crippen molar-refractivity contribution in [1.29, 1.82) is 0 Å². The fourth-order valence-corrected chi connectivity index (χ4v) is 2.88. The SMILES string of the molecule is O=CC(CC(=O)CCCc1ccccc1)Cc1ccc(Br)cc1. The first kappa shape index (κ1) is 17.6. The van der Waals surface area contributed by atoms with Crippen LogP contribution in [0.3, 0.4) is 0 Å². The van der Waals surface area contributed by atoms with Gasteiger partial charge in [0.1, 0.15) is 12.1 Å². The maximum atomic E-state index is 12.1. The minimum Gasteiger partial charge on any atom is -0.303 e. The first-order valence-electron chi connectivity index (χ1n) is 7.92. The normalized spacial score (nSPS) is 11.9. The second kappa shape index (κ2) is 9.41. The predicted molar refractivity (Wildman–Crippen MR) is 96.4 cm³/mol. The zero-order valence-electron chi connectivity index (χ0n) is 13.1. The van der Waals surface area contributed by atoms with E-state index in [0.717, 1.165) is 29.2 Å². The van der Waals surface area contributed by atoms with Crippen LogP contribution in [-0.2, 0) is 22.4 Å². The molecule has 0 aromatic heterocycles. The molecule has 0 aliphatic heterocycles. The lowest BCUT2D eigenvalue weighted by molar-refractivity contribution is -0.122. The average Bonchev–Trinajstić information content (AvgIpc) is 2.57. The second-order valence-corrected chi connectivity index (χ2v) is 6.72. The number of halogens is 1. The van der Waals surface area contributed by atoms with Gasteiger partial charge in [0.25, 0.3) is 0 Å². The monoisotopic (exact) mass is 372 g/mol. The highest BCUT2D eigenvalue weighted by Crippen LogP contribution is 2.16. The van der Waals surface area contributed by atoms with Crippen LogP contribution in [0.2, 0.25) is 0 Å². The van der Waals surface area contributed by atoms with E-state index < -0.39 is 0 Å². The molecule has 0 saturated heterocycles. The van der Waals surface area contributed by atoms with Gasteiger partial charge >= 0.3 is 0 Å². The third-order valence-electron chi connectivity index (χ3n) is 3.86. The maximum Gasteiger partial charge on any atom is 0.133 e. The van der Waals surface area contributed by atoms with E-state index in [1.807, 2.05) is 42.5 Å². The summed E-state index contributed by atoms with van der Waals surface area (Å²) in [6.45, 7) is 0. The summed E-state index contributed by atoms with van der Waals surface area (Å²) in [4.78, 5) is 23.3. The largest absolute Gasteiger partial charge is 0.303 e. The summed E-state index contributed by atoms with van der Waals surface area (Å²) < 4.78 is 1.01. The molecule has 23 heavy (non-hydrogen) atoms. The van der Waals surface area contributed by atoms with Gasteiger partial charge < -0.3 is 4.79 Å². The van der Waals surface area contributed by atoms with Gasteiger partial charge in [-0.05, 0) is 42.5 Å². The van der Waals surface area contributed by atoms with Crippen molar-refractivity contribution in [3.8, 4) is 0 Å². The van der Waals surface area contributed by atoms with Crippen molar-refractivity contribution in [3.05, 3.63) is 70.2 Å². The van der Waals surface area contributed by atoms with E-state index in [2.05, 4.69) is 28.1 Å². The molecule has 0 N–H and O–H groups in total. The smallest absolute Gasteiger partial charge is 0.133 e. The summed E-state index contributed by atoms with van der Waals surface area (Å²) in [6.07, 6.45) is 4.17. The molecule has 0 aliphatic carbocycles. The van der Waals surface area contributed by atoms with Gasteiger partial charge in [0, 0.05) is 23.2 Å². The molecule has 2 nitrogen and oxygen atoms in total. The van der Waals surface area contributed by atoms with E-state index in [4.69, 9.17) is 0 Å². The van der Waals surface area contributed by atoms with Gasteiger partial charge in [-0.2, -0.15) is 0 Å². The molecule has 120 valence electrons. The summed E-state index contributed by atoms with van der Waals surface area (Å²) in [5.74, 6) is -0.0458. The number of benzene rings is 2. The van der Waals surface area contributed by atoms with Crippen molar-refractivity contribution in [1.82, 2.24) is 0 Å². The third-order valence-corrected chi connectivity index (χ3v) is 4.39. The number of carbonyl (C=O) groups is 2. The molecule has 0 amide bonds. The lowest BCUT2D eigenvalue weighted by Crippen LogP contribution is -2.12. The average molecular weight is 373 g/mol. The molecule has 0 saturated carbocycles. The molecule has 0 heterocycles. The van der Waals surface area contributed by atoms with Gasteiger partial charge in [-0.3, -0.25) is 4.79 Å². The highest BCUT2D eigenvalue weighted by Gasteiger charge is 2.13. The fourth-order valence-electron chi connectivity index (χ4n) is 2.62. The van der Waals surface area contributed by atoms with Crippen molar-refractivity contribution in [2.24, 2.45) is 5.92 Å². The molecule has 2 aromatic carbocycles. The summed E-state index contributed by atoms with van der Waals surface area (Å²) in [5.41, 5.74) is 2.34. The number of rotatable bonds is 9. The van der Waals surface area contributed by atoms with E-state index in [0.29, 0.717) is 19.3 Å². The Bertz CT molecular complexity index is 620. The van der Waals surface area contributed by atoms with Crippen LogP contribution in [0.15, 0.2) is 59.1 Å². The van der Waals surface area contributed by atoms with Crippen LogP contribution in [0.25, 0.3) is 0 Å². The maximum absolute atomic E-state index is 12.1. The predicted octanol–water partition coefficient (Wildman–Crippen LogP) is 4.79. The molecule has 1 atom stereocenters. The van der Waals surface area contributed by atoms with Crippen LogP contribution in [0.1, 0.15) is 30.4 Å². The van der Waals surface area contributed by atoms with E-state index in [1.165, 1.54) is 5.56 Å². The van der Waals surface area contributed by atoms with Gasteiger partial charge in [0.2, 0.25) is 0 Å². The van der Waals surface area contributed by atoms with Crippen molar-refractivity contribution in [2.45, 2.75) is 32.1 Å². The van der Waals surface area contributed by atoms with Crippen molar-refractivity contribution >= 4 is 28.0 Å². The quantitative estimate of drug-likeness (QED) is 0.593. The number of ketones is 1. The van der Waals surface area contributed by atoms with E-state index in [-0.39, 0.29) is 11.7 Å². The summed E-state index contributed by atoms with van der Waals surface area (Å²) in [7, 11) is 0. The van der Waals surface area contributed by atoms with Crippen LogP contribution in [0, 0.1) is 5.92 Å². The van der Waals surface area contributed by atoms with E-state index in [9.17, 15) is 9.59 Å². The molecular formula is C20H21BrO2. The number of hydrogen-bond acceptors (Lipinski definition) is 2. The molecule has 1 unspecified atom stereocenters. The Kier molecular flexibility index (Phi) is 7.21. The summed E-state index contributed by atoms with van der Waals surface area (Å²) >= 11 is 3.39. The van der Waals surface area contributed by atoms with Gasteiger partial charge in [-0.15, -0.1) is 0 Å². The van der Waals surface area contributed by atoms with Gasteiger partial charge in [-0.25, -0.2) is 0 Å². The highest BCUT2D eigenvalue weighted by atomic mass is 79.9. The molecule has 0 bridgehead atoms. The Labute approximate surface area is 146 Å². The number of Topliss-reactive ketones (excluding diaryl/α,β-unsaturated/α-hetero) is 1. The lowest BCUT2D eigenvalue weighted by atomic mass is 9.94. The minimum atomic E-state index is -0.222. The Balaban J connectivity index is 1.75. The topological polar surface area (TPSA) is 34.1 Å². The number of aldehydes is 1. The van der Waals surface area contributed by atoms with Crippen LogP contribution < -0.4 is 0 Å². The number of carbonyl (C=O) groups excluding carboxylic acids is 2. The minimum absolute atomic E-state index is 0.176. The van der Waals surface area contributed by atoms with Crippen LogP contribution in [0.5, 0.6) is 0 Å². The van der Waals surface area contributed by atoms with E-state index >= 15 is 0 Å². The molecule has 2 aromatic rings. The Morgan fingerprint density at radius 3 is 2.35 bits per heavy atom. The summed E-state index contributed by atoms with van der Waals surface area (Å²) in [6, 6.07) is 18.1. The second-order valence-electron chi connectivity index (χ2n) is 5.81. The lowest BCUT2D eigenvalue weighted by Gasteiger charge is -2.10. The van der Waals surface area contributed by atoms with Crippen molar-refractivity contribution in [3.63, 3.8) is 0 Å². The zero-order chi connectivity index (χ0) is 16.5. The Morgan fingerprint density at radius 2 is 1.70 bits per heavy atom. The molecular weight excluding hydrogens is 352 g/mol. The van der Waals surface area contributed by atoms with Crippen molar-refractivity contribution < 1.29 is 9.59 Å². The number of hydrogen-bond donors (Lipinski definition) is 0. The molecule has 2 rings (SSSR count). The van der Waals surface area contributed by atoms with Gasteiger partial charge in [-0.1, -0.05) is 58.4 Å². The zero-order valence-corrected chi connectivity index (χ0v) is 14.7. The first-order valence-corrected chi connectivity index (χ1v) is 8.72. The van der Waals surface area contributed by atoms with E-state index in [1.54, 1.807) is 0 Å². The molecule has 0 fully saturated rings. The Hall–Kier alpha value is -1.74. The van der Waals surface area contributed by atoms with Gasteiger partial charge in [0.05, 0.1) is 0 Å². The summed E-state index contributed by atoms with van der Waals surface area (Å²) in [5, 5.41) is 0. The van der Waals surface area contributed by atoms with Crippen LogP contribution in [0.4, 0.5) is 0 Å². The standard InChI is InChI=1S/C20H21BrO2/c21-19-11-9-17(10-12-19)13-18(15-22)14-20(23)8-4-7-16-5-2-1-3-6-16/h1-3,5-6,9-12,15,18H,4,7-8,13-14H2. The molecule has 0 radical (unpaired) electrons. The van der Waals surface area contributed by atoms with Gasteiger partial charge in [0.15, 0.2) is 0 Å². The van der Waals surface area contributed by atoms with Crippen LogP contribution >= 0.6 is 15.9 Å². The van der Waals surface area contributed by atoms with Crippen molar-refractivity contribution in [2.75, 3.05) is 0 Å². The molecule has 0 spiro atoms. The fraction of sp³-hybridized carbons (Fsp3) is 0.300. The highest BCUT2D eigenvalue weighted by molar-refractivity contribution is 9.10. The number of aryl methyl sites for hydroxylation is 1.